The molecule has 0 aromatic heterocycles. The summed E-state index contributed by atoms with van der Waals surface area (Å²) < 4.78 is 7.11. The van der Waals surface area contributed by atoms with Crippen LogP contribution in [-0.4, -0.2) is 78.3 Å². The van der Waals surface area contributed by atoms with Crippen molar-refractivity contribution in [2.75, 3.05) is 32.7 Å². The molecule has 7 nitrogen and oxygen atoms in total. The second-order valence-corrected chi connectivity index (χ2v) is 18.7. The largest absolute Gasteiger partial charge is 0.357 e. The zero-order valence-corrected chi connectivity index (χ0v) is 30.2. The Labute approximate surface area is 285 Å². The van der Waals surface area contributed by atoms with E-state index in [0.29, 0.717) is 40.7 Å². The molecule has 0 bridgehead atoms. The summed E-state index contributed by atoms with van der Waals surface area (Å²) in [4.78, 5) is 30.9. The van der Waals surface area contributed by atoms with Gasteiger partial charge in [0, 0.05) is 37.6 Å². The van der Waals surface area contributed by atoms with Gasteiger partial charge in [0.1, 0.15) is 12.1 Å². The van der Waals surface area contributed by atoms with E-state index < -0.39 is 0 Å². The second-order valence-electron chi connectivity index (χ2n) is 18.7. The lowest BCUT2D eigenvalue weighted by Gasteiger charge is -2.61. The standard InChI is InChI=1S/C40H66N4O3/c1-26-10-17-40(41-25-26)27(2)37-34(47-40)23-33-31-9-8-28-22-29(11-15-38(28,3)32(31)12-16-39(33,37)4)42-35(45)24-36(46)44-20-13-30(14-21-44)43-18-6-5-7-19-43/h26-34,37,41H,5-25H2,1-4H3,(H,42,45)/t26-,27+,28+,29-,31-,32+,33+,34+,37+,38+,39+,40-/m1/s1. The second kappa shape index (κ2) is 12.5. The molecular formula is C40H66N4O3. The van der Waals surface area contributed by atoms with Gasteiger partial charge in [-0.1, -0.05) is 34.1 Å². The molecule has 8 fully saturated rings. The van der Waals surface area contributed by atoms with Gasteiger partial charge >= 0.3 is 0 Å². The summed E-state index contributed by atoms with van der Waals surface area (Å²) >= 11 is 0. The van der Waals surface area contributed by atoms with Gasteiger partial charge in [0.05, 0.1) is 6.10 Å². The zero-order valence-electron chi connectivity index (χ0n) is 30.2. The third kappa shape index (κ3) is 5.63. The van der Waals surface area contributed by atoms with Gasteiger partial charge in [-0.15, -0.1) is 0 Å². The maximum atomic E-state index is 13.2. The van der Waals surface area contributed by atoms with E-state index in [1.807, 2.05) is 4.90 Å². The maximum absolute atomic E-state index is 13.2. The van der Waals surface area contributed by atoms with Gasteiger partial charge in [-0.25, -0.2) is 0 Å². The first-order valence-corrected chi connectivity index (χ1v) is 20.3. The zero-order chi connectivity index (χ0) is 32.6. The van der Waals surface area contributed by atoms with Crippen LogP contribution in [0.15, 0.2) is 0 Å². The summed E-state index contributed by atoms with van der Waals surface area (Å²) in [6, 6.07) is 0.850. The molecule has 0 aromatic rings. The van der Waals surface area contributed by atoms with Gasteiger partial charge < -0.3 is 19.9 Å². The lowest BCUT2D eigenvalue weighted by atomic mass is 9.44. The van der Waals surface area contributed by atoms with Crippen molar-refractivity contribution >= 4 is 11.8 Å². The molecule has 8 rings (SSSR count). The number of amides is 2. The fourth-order valence-electron chi connectivity index (χ4n) is 13.9. The highest BCUT2D eigenvalue weighted by Gasteiger charge is 2.68. The Morgan fingerprint density at radius 2 is 1.60 bits per heavy atom. The molecule has 264 valence electrons. The van der Waals surface area contributed by atoms with Gasteiger partial charge in [-0.05, 0) is 149 Å². The van der Waals surface area contributed by atoms with Crippen LogP contribution < -0.4 is 10.6 Å². The van der Waals surface area contributed by atoms with Crippen LogP contribution in [0, 0.1) is 52.3 Å². The molecular weight excluding hydrogens is 584 g/mol. The van der Waals surface area contributed by atoms with Crippen LogP contribution in [0.1, 0.15) is 130 Å². The van der Waals surface area contributed by atoms with Gasteiger partial charge in [0.15, 0.2) is 0 Å². The van der Waals surface area contributed by atoms with Crippen LogP contribution in [0.2, 0.25) is 0 Å². The molecule has 1 spiro atoms. The number of ether oxygens (including phenoxy) is 1. The average molecular weight is 651 g/mol. The van der Waals surface area contributed by atoms with Gasteiger partial charge in [-0.2, -0.15) is 0 Å². The minimum Gasteiger partial charge on any atom is -0.357 e. The van der Waals surface area contributed by atoms with Crippen LogP contribution in [0.4, 0.5) is 0 Å². The molecule has 4 aliphatic heterocycles. The predicted octanol–water partition coefficient (Wildman–Crippen LogP) is 6.36. The number of hydrogen-bond donors (Lipinski definition) is 2. The SMILES string of the molecule is C[C@@H]1CC[C@@]2(NC1)O[C@H]1C[C@H]3[C@@H]4CC[C@H]5C[C@H](NC(=O)CC(=O)N6CCC(N7CCCCC7)CC6)CC[C@]5(C)[C@H]4CC[C@]3(C)[C@H]1[C@@H]2C. The van der Waals surface area contributed by atoms with Crippen molar-refractivity contribution in [3.05, 3.63) is 0 Å². The van der Waals surface area contributed by atoms with Crippen molar-refractivity contribution in [2.24, 2.45) is 52.3 Å². The number of hydrogen-bond acceptors (Lipinski definition) is 5. The van der Waals surface area contributed by atoms with Crippen molar-refractivity contribution in [1.82, 2.24) is 20.4 Å². The van der Waals surface area contributed by atoms with E-state index in [9.17, 15) is 9.59 Å². The molecule has 12 atom stereocenters. The normalized spacial score (nSPS) is 48.8. The van der Waals surface area contributed by atoms with E-state index in [1.54, 1.807) is 0 Å². The fourth-order valence-corrected chi connectivity index (χ4v) is 13.9. The van der Waals surface area contributed by atoms with Crippen LogP contribution in [0.3, 0.4) is 0 Å². The Morgan fingerprint density at radius 1 is 0.830 bits per heavy atom. The summed E-state index contributed by atoms with van der Waals surface area (Å²) in [5.41, 5.74) is 0.711. The number of piperidine rings is 3. The predicted molar refractivity (Wildman–Crippen MR) is 185 cm³/mol. The molecule has 47 heavy (non-hydrogen) atoms. The Morgan fingerprint density at radius 3 is 2.34 bits per heavy atom. The van der Waals surface area contributed by atoms with Crippen molar-refractivity contribution < 1.29 is 14.3 Å². The minimum absolute atomic E-state index is 0.0242. The molecule has 8 aliphatic rings. The van der Waals surface area contributed by atoms with Crippen LogP contribution in [0.25, 0.3) is 0 Å². The maximum Gasteiger partial charge on any atom is 0.232 e. The molecule has 4 saturated carbocycles. The van der Waals surface area contributed by atoms with Gasteiger partial charge in [0.25, 0.3) is 0 Å². The highest BCUT2D eigenvalue weighted by molar-refractivity contribution is 5.97. The highest BCUT2D eigenvalue weighted by atomic mass is 16.5. The first-order chi connectivity index (χ1) is 22.6. The molecule has 0 radical (unpaired) electrons. The molecule has 2 N–H and O–H groups in total. The lowest BCUT2D eigenvalue weighted by Crippen LogP contribution is -2.58. The third-order valence-corrected chi connectivity index (χ3v) is 16.5. The monoisotopic (exact) mass is 651 g/mol. The summed E-state index contributed by atoms with van der Waals surface area (Å²) in [5, 5.41) is 7.28. The molecule has 0 aromatic carbocycles. The van der Waals surface area contributed by atoms with Crippen LogP contribution in [-0.2, 0) is 14.3 Å². The Bertz CT molecular complexity index is 1170. The Hall–Kier alpha value is -1.18. The van der Waals surface area contributed by atoms with E-state index in [1.165, 1.54) is 83.7 Å². The highest BCUT2D eigenvalue weighted by Crippen LogP contribution is 2.71. The van der Waals surface area contributed by atoms with Crippen LogP contribution >= 0.6 is 0 Å². The summed E-state index contributed by atoms with van der Waals surface area (Å²) in [5.74, 6) is 5.14. The minimum atomic E-state index is -0.0760. The topological polar surface area (TPSA) is 73.9 Å². The molecule has 2 amide bonds. The smallest absolute Gasteiger partial charge is 0.232 e. The number of carbonyl (C=O) groups excluding carboxylic acids is 2. The number of likely N-dealkylation sites (tertiary alicyclic amines) is 2. The van der Waals surface area contributed by atoms with Crippen molar-refractivity contribution in [1.29, 1.82) is 0 Å². The summed E-state index contributed by atoms with van der Waals surface area (Å²) in [7, 11) is 0. The quantitative estimate of drug-likeness (QED) is 0.347. The first-order valence-electron chi connectivity index (χ1n) is 20.3. The van der Waals surface area contributed by atoms with E-state index in [0.717, 1.165) is 69.0 Å². The number of fused-ring (bicyclic) bond motifs is 7. The average Bonchev–Trinajstić information content (AvgIpc) is 3.52. The number of rotatable bonds is 4. The third-order valence-electron chi connectivity index (χ3n) is 16.5. The molecule has 4 aliphatic carbocycles. The van der Waals surface area contributed by atoms with E-state index >= 15 is 0 Å². The Balaban J connectivity index is 0.841. The Kier molecular flexibility index (Phi) is 8.81. The fraction of sp³-hybridized carbons (Fsp3) is 0.950. The van der Waals surface area contributed by atoms with Gasteiger partial charge in [0.2, 0.25) is 11.8 Å². The van der Waals surface area contributed by atoms with Crippen molar-refractivity contribution in [3.8, 4) is 0 Å². The van der Waals surface area contributed by atoms with E-state index in [-0.39, 0.29) is 30.0 Å². The molecule has 0 unspecified atom stereocenters. The van der Waals surface area contributed by atoms with Crippen molar-refractivity contribution in [3.63, 3.8) is 0 Å². The van der Waals surface area contributed by atoms with E-state index in [2.05, 4.69) is 43.2 Å². The molecule has 4 heterocycles. The molecule has 7 heteroatoms. The summed E-state index contributed by atoms with van der Waals surface area (Å²) in [6.07, 6.45) is 19.1. The number of nitrogens with zero attached hydrogens (tertiary/aromatic N) is 2. The molecule has 4 saturated heterocycles. The van der Waals surface area contributed by atoms with Crippen molar-refractivity contribution in [2.45, 2.75) is 154 Å². The number of carbonyl (C=O) groups is 2. The number of nitrogens with one attached hydrogen (secondary N) is 2. The van der Waals surface area contributed by atoms with E-state index in [4.69, 9.17) is 4.74 Å². The first kappa shape index (κ1) is 33.0. The van der Waals surface area contributed by atoms with Gasteiger partial charge in [-0.3, -0.25) is 14.9 Å². The lowest BCUT2D eigenvalue weighted by molar-refractivity contribution is -0.139. The van der Waals surface area contributed by atoms with Crippen LogP contribution in [0.5, 0.6) is 0 Å². The summed E-state index contributed by atoms with van der Waals surface area (Å²) in [6.45, 7) is 15.3.